The maximum atomic E-state index is 11.9. The minimum Gasteiger partial charge on any atom is -0.497 e. The lowest BCUT2D eigenvalue weighted by Crippen LogP contribution is -2.41. The number of nitrogens with one attached hydrogen (secondary N) is 2. The Morgan fingerprint density at radius 3 is 3.09 bits per heavy atom. The molecule has 7 heteroatoms. The molecule has 1 aromatic heterocycles. The van der Waals surface area contributed by atoms with Crippen molar-refractivity contribution >= 4 is 11.8 Å². The minimum atomic E-state index is -0.452. The molecule has 1 aliphatic rings. The second-order valence-corrected chi connectivity index (χ2v) is 5.29. The summed E-state index contributed by atoms with van der Waals surface area (Å²) in [6.07, 6.45) is 0.917. The van der Waals surface area contributed by atoms with Crippen LogP contribution in [0.5, 0.6) is 5.75 Å². The van der Waals surface area contributed by atoms with E-state index in [0.717, 1.165) is 11.3 Å². The van der Waals surface area contributed by atoms with E-state index in [1.807, 2.05) is 24.3 Å². The first-order chi connectivity index (χ1) is 11.2. The predicted molar refractivity (Wildman–Crippen MR) is 81.5 cm³/mol. The average molecular weight is 315 g/mol. The van der Waals surface area contributed by atoms with Gasteiger partial charge in [0.2, 0.25) is 11.8 Å². The third-order valence-corrected chi connectivity index (χ3v) is 3.67. The van der Waals surface area contributed by atoms with Crippen molar-refractivity contribution in [1.82, 2.24) is 15.8 Å². The largest absolute Gasteiger partial charge is 0.497 e. The molecule has 1 aromatic carbocycles. The second kappa shape index (κ2) is 6.51. The Balaban J connectivity index is 1.61. The van der Waals surface area contributed by atoms with Gasteiger partial charge in [-0.1, -0.05) is 17.3 Å². The number of hydrogen-bond donors (Lipinski definition) is 2. The van der Waals surface area contributed by atoms with Gasteiger partial charge in [0.05, 0.1) is 13.7 Å². The first kappa shape index (κ1) is 15.1. The molecule has 3 rings (SSSR count). The molecule has 1 unspecified atom stereocenters. The maximum absolute atomic E-state index is 11.9. The van der Waals surface area contributed by atoms with Gasteiger partial charge in [0.1, 0.15) is 17.5 Å². The molecule has 23 heavy (non-hydrogen) atoms. The molecule has 0 radical (unpaired) electrons. The number of nitrogens with zero attached hydrogens (tertiary/aromatic N) is 1. The Hall–Kier alpha value is -2.83. The Kier molecular flexibility index (Phi) is 4.27. The Labute approximate surface area is 133 Å². The smallest absolute Gasteiger partial charge is 0.242 e. The van der Waals surface area contributed by atoms with Crippen LogP contribution in [-0.2, 0) is 16.1 Å². The Bertz CT molecular complexity index is 726. The highest BCUT2D eigenvalue weighted by molar-refractivity contribution is 5.90. The fourth-order valence-electron chi connectivity index (χ4n) is 2.42. The van der Waals surface area contributed by atoms with E-state index in [2.05, 4.69) is 15.8 Å². The summed E-state index contributed by atoms with van der Waals surface area (Å²) in [4.78, 5) is 23.0. The number of benzene rings is 1. The second-order valence-electron chi connectivity index (χ2n) is 5.29. The van der Waals surface area contributed by atoms with Crippen molar-refractivity contribution in [2.75, 3.05) is 7.11 Å². The molecule has 2 aromatic rings. The zero-order valence-corrected chi connectivity index (χ0v) is 12.7. The van der Waals surface area contributed by atoms with Crippen LogP contribution in [0, 0.1) is 0 Å². The van der Waals surface area contributed by atoms with Gasteiger partial charge in [-0.25, -0.2) is 0 Å². The molecular formula is C16H17N3O4. The van der Waals surface area contributed by atoms with Crippen molar-refractivity contribution < 1.29 is 18.8 Å². The van der Waals surface area contributed by atoms with Crippen LogP contribution < -0.4 is 15.4 Å². The van der Waals surface area contributed by atoms with Crippen LogP contribution in [0.25, 0.3) is 11.3 Å². The molecule has 2 N–H and O–H groups in total. The summed E-state index contributed by atoms with van der Waals surface area (Å²) in [5.74, 6) is 1.03. The number of hydrogen-bond acceptors (Lipinski definition) is 5. The summed E-state index contributed by atoms with van der Waals surface area (Å²) in [6.45, 7) is 0.249. The summed E-state index contributed by atoms with van der Waals surface area (Å²) in [5, 5.41) is 9.32. The van der Waals surface area contributed by atoms with Crippen LogP contribution in [0.1, 0.15) is 18.5 Å². The predicted octanol–water partition coefficient (Wildman–Crippen LogP) is 1.24. The van der Waals surface area contributed by atoms with Gasteiger partial charge >= 0.3 is 0 Å². The zero-order chi connectivity index (χ0) is 16.2. The minimum absolute atomic E-state index is 0.0908. The van der Waals surface area contributed by atoms with E-state index in [1.54, 1.807) is 13.2 Å². The number of carbonyl (C=O) groups excluding carboxylic acids is 2. The van der Waals surface area contributed by atoms with Crippen LogP contribution in [0.2, 0.25) is 0 Å². The SMILES string of the molecule is COc1cccc(-c2cc(CNC(=O)C3CCC(=O)N3)no2)c1. The van der Waals surface area contributed by atoms with Crippen LogP contribution >= 0.6 is 0 Å². The summed E-state index contributed by atoms with van der Waals surface area (Å²) in [7, 11) is 1.60. The van der Waals surface area contributed by atoms with Gasteiger partial charge < -0.3 is 19.9 Å². The number of carbonyl (C=O) groups is 2. The van der Waals surface area contributed by atoms with E-state index in [9.17, 15) is 9.59 Å². The molecule has 2 heterocycles. The van der Waals surface area contributed by atoms with E-state index in [-0.39, 0.29) is 18.4 Å². The molecular weight excluding hydrogens is 298 g/mol. The number of rotatable bonds is 5. The monoisotopic (exact) mass is 315 g/mol. The van der Waals surface area contributed by atoms with Crippen LogP contribution in [0.4, 0.5) is 0 Å². The van der Waals surface area contributed by atoms with Crippen LogP contribution in [0.3, 0.4) is 0 Å². The highest BCUT2D eigenvalue weighted by Gasteiger charge is 2.26. The quantitative estimate of drug-likeness (QED) is 0.866. The van der Waals surface area contributed by atoms with Gasteiger partial charge in [-0.05, 0) is 18.6 Å². The van der Waals surface area contributed by atoms with E-state index in [4.69, 9.17) is 9.26 Å². The molecule has 120 valence electrons. The van der Waals surface area contributed by atoms with Gasteiger partial charge in [0.15, 0.2) is 5.76 Å². The van der Waals surface area contributed by atoms with Gasteiger partial charge in [0, 0.05) is 18.1 Å². The van der Waals surface area contributed by atoms with Crippen molar-refractivity contribution in [3.05, 3.63) is 36.0 Å². The molecule has 7 nitrogen and oxygen atoms in total. The Morgan fingerprint density at radius 2 is 2.35 bits per heavy atom. The first-order valence-corrected chi connectivity index (χ1v) is 7.33. The van der Waals surface area contributed by atoms with E-state index >= 15 is 0 Å². The van der Waals surface area contributed by atoms with Crippen LogP contribution in [0.15, 0.2) is 34.9 Å². The molecule has 0 spiro atoms. The van der Waals surface area contributed by atoms with Gasteiger partial charge in [-0.15, -0.1) is 0 Å². The highest BCUT2D eigenvalue weighted by atomic mass is 16.5. The van der Waals surface area contributed by atoms with Crippen molar-refractivity contribution in [3.63, 3.8) is 0 Å². The van der Waals surface area contributed by atoms with Crippen molar-refractivity contribution in [1.29, 1.82) is 0 Å². The summed E-state index contributed by atoms with van der Waals surface area (Å²) in [6, 6.07) is 8.75. The number of methoxy groups -OCH3 is 1. The molecule has 1 atom stereocenters. The zero-order valence-electron chi connectivity index (χ0n) is 12.7. The number of aromatic nitrogens is 1. The third kappa shape index (κ3) is 3.50. The molecule has 1 aliphatic heterocycles. The fourth-order valence-corrected chi connectivity index (χ4v) is 2.42. The average Bonchev–Trinajstić information content (AvgIpc) is 3.22. The number of amides is 2. The molecule has 1 fully saturated rings. The van der Waals surface area contributed by atoms with E-state index in [0.29, 0.717) is 24.3 Å². The van der Waals surface area contributed by atoms with Crippen molar-refractivity contribution in [3.8, 4) is 17.1 Å². The van der Waals surface area contributed by atoms with Gasteiger partial charge in [-0.2, -0.15) is 0 Å². The molecule has 2 amide bonds. The lowest BCUT2D eigenvalue weighted by Gasteiger charge is -2.09. The molecule has 0 saturated carbocycles. The van der Waals surface area contributed by atoms with E-state index in [1.165, 1.54) is 0 Å². The van der Waals surface area contributed by atoms with Crippen molar-refractivity contribution in [2.24, 2.45) is 0 Å². The summed E-state index contributed by atoms with van der Waals surface area (Å²) >= 11 is 0. The maximum Gasteiger partial charge on any atom is 0.242 e. The standard InChI is InChI=1S/C16H17N3O4/c1-22-12-4-2-3-10(7-12)14-8-11(19-23-14)9-17-16(21)13-5-6-15(20)18-13/h2-4,7-8,13H,5-6,9H2,1H3,(H,17,21)(H,18,20). The Morgan fingerprint density at radius 1 is 1.48 bits per heavy atom. The lowest BCUT2D eigenvalue weighted by molar-refractivity contribution is -0.125. The summed E-state index contributed by atoms with van der Waals surface area (Å²) in [5.41, 5.74) is 1.46. The van der Waals surface area contributed by atoms with Crippen LogP contribution in [-0.4, -0.2) is 30.1 Å². The molecule has 0 bridgehead atoms. The van der Waals surface area contributed by atoms with E-state index < -0.39 is 6.04 Å². The van der Waals surface area contributed by atoms with Gasteiger partial charge in [0.25, 0.3) is 0 Å². The summed E-state index contributed by atoms with van der Waals surface area (Å²) < 4.78 is 10.5. The topological polar surface area (TPSA) is 93.5 Å². The normalized spacial score (nSPS) is 16.9. The first-order valence-electron chi connectivity index (χ1n) is 7.33. The van der Waals surface area contributed by atoms with Crippen molar-refractivity contribution in [2.45, 2.75) is 25.4 Å². The number of ether oxygens (including phenoxy) is 1. The fraction of sp³-hybridized carbons (Fsp3) is 0.312. The third-order valence-electron chi connectivity index (χ3n) is 3.67. The van der Waals surface area contributed by atoms with Gasteiger partial charge in [-0.3, -0.25) is 9.59 Å². The molecule has 1 saturated heterocycles. The lowest BCUT2D eigenvalue weighted by atomic mass is 10.1. The highest BCUT2D eigenvalue weighted by Crippen LogP contribution is 2.24. The molecule has 0 aliphatic carbocycles.